The predicted octanol–water partition coefficient (Wildman–Crippen LogP) is 2.42. The van der Waals surface area contributed by atoms with Crippen molar-refractivity contribution in [3.05, 3.63) is 35.1 Å². The third-order valence-corrected chi connectivity index (χ3v) is 3.28. The van der Waals surface area contributed by atoms with Crippen molar-refractivity contribution in [2.24, 2.45) is 0 Å². The van der Waals surface area contributed by atoms with Crippen LogP contribution >= 0.6 is 0 Å². The van der Waals surface area contributed by atoms with Gasteiger partial charge in [-0.2, -0.15) is 0 Å². The number of halogens is 1. The number of hydrogen-bond donors (Lipinski definition) is 1. The van der Waals surface area contributed by atoms with Crippen LogP contribution in [-0.2, 0) is 16.1 Å². The Morgan fingerprint density at radius 3 is 3.00 bits per heavy atom. The maximum atomic E-state index is 13.1. The summed E-state index contributed by atoms with van der Waals surface area (Å²) in [5.41, 5.74) is 1.79. The van der Waals surface area contributed by atoms with Crippen molar-refractivity contribution < 1.29 is 13.9 Å². The monoisotopic (exact) mass is 267 g/mol. The topological polar surface area (TPSA) is 30.5 Å². The lowest BCUT2D eigenvalue weighted by Gasteiger charge is -2.36. The van der Waals surface area contributed by atoms with Crippen LogP contribution in [0.25, 0.3) is 0 Å². The van der Waals surface area contributed by atoms with Crippen LogP contribution in [0.2, 0.25) is 0 Å². The van der Waals surface area contributed by atoms with Crippen molar-refractivity contribution in [1.29, 1.82) is 0 Å². The molecule has 1 aliphatic heterocycles. The van der Waals surface area contributed by atoms with Gasteiger partial charge in [0.15, 0.2) is 0 Å². The van der Waals surface area contributed by atoms with E-state index in [0.717, 1.165) is 24.2 Å². The molecule has 19 heavy (non-hydrogen) atoms. The van der Waals surface area contributed by atoms with Crippen LogP contribution < -0.4 is 5.32 Å². The van der Waals surface area contributed by atoms with Crippen LogP contribution in [0.5, 0.6) is 0 Å². The lowest BCUT2D eigenvalue weighted by Crippen LogP contribution is -2.51. The normalized spacial score (nSPS) is 22.4. The molecule has 0 bridgehead atoms. The fourth-order valence-electron chi connectivity index (χ4n) is 2.26. The van der Waals surface area contributed by atoms with Crippen molar-refractivity contribution in [2.45, 2.75) is 39.1 Å². The molecule has 0 amide bonds. The van der Waals surface area contributed by atoms with E-state index in [0.29, 0.717) is 13.2 Å². The zero-order valence-corrected chi connectivity index (χ0v) is 11.8. The van der Waals surface area contributed by atoms with E-state index in [2.05, 4.69) is 19.2 Å². The molecule has 106 valence electrons. The van der Waals surface area contributed by atoms with E-state index < -0.39 is 0 Å². The fraction of sp³-hybridized carbons (Fsp3) is 0.600. The molecule has 1 heterocycles. The zero-order valence-electron chi connectivity index (χ0n) is 11.8. The van der Waals surface area contributed by atoms with Gasteiger partial charge in [-0.1, -0.05) is 6.07 Å². The number of hydrogen-bond acceptors (Lipinski definition) is 3. The average Bonchev–Trinajstić information content (AvgIpc) is 2.32. The number of morpholine rings is 1. The van der Waals surface area contributed by atoms with Crippen LogP contribution in [0.15, 0.2) is 18.2 Å². The quantitative estimate of drug-likeness (QED) is 0.909. The molecule has 0 radical (unpaired) electrons. The molecule has 1 fully saturated rings. The van der Waals surface area contributed by atoms with Gasteiger partial charge in [-0.25, -0.2) is 4.39 Å². The molecular weight excluding hydrogens is 245 g/mol. The van der Waals surface area contributed by atoms with Crippen molar-refractivity contribution in [1.82, 2.24) is 5.32 Å². The largest absolute Gasteiger partial charge is 0.374 e. The highest BCUT2D eigenvalue weighted by Gasteiger charge is 2.28. The Bertz CT molecular complexity index is 434. The average molecular weight is 267 g/mol. The van der Waals surface area contributed by atoms with Crippen LogP contribution in [-0.4, -0.2) is 31.4 Å². The van der Waals surface area contributed by atoms with Crippen LogP contribution in [0, 0.1) is 12.7 Å². The smallest absolute Gasteiger partial charge is 0.123 e. The lowest BCUT2D eigenvalue weighted by molar-refractivity contribution is -0.122. The second-order valence-corrected chi connectivity index (χ2v) is 5.72. The Hall–Kier alpha value is -0.970. The molecule has 4 heteroatoms. The predicted molar refractivity (Wildman–Crippen MR) is 72.6 cm³/mol. The van der Waals surface area contributed by atoms with Gasteiger partial charge in [0.25, 0.3) is 0 Å². The van der Waals surface area contributed by atoms with E-state index in [1.807, 2.05) is 6.92 Å². The highest BCUT2D eigenvalue weighted by atomic mass is 19.1. The van der Waals surface area contributed by atoms with Gasteiger partial charge in [-0.05, 0) is 44.0 Å². The summed E-state index contributed by atoms with van der Waals surface area (Å²) in [5.74, 6) is -0.221. The van der Waals surface area contributed by atoms with Gasteiger partial charge in [-0.15, -0.1) is 0 Å². The van der Waals surface area contributed by atoms with Crippen molar-refractivity contribution in [3.63, 3.8) is 0 Å². The van der Waals surface area contributed by atoms with E-state index in [9.17, 15) is 4.39 Å². The Kier molecular flexibility index (Phi) is 4.55. The standard InChI is InChI=1S/C15H22FNO2/c1-11-4-5-13(16)6-12(11)8-18-9-14-7-17-10-15(2,3)19-14/h4-6,14,17H,7-10H2,1-3H3. The third kappa shape index (κ3) is 4.27. The maximum Gasteiger partial charge on any atom is 0.123 e. The van der Waals surface area contributed by atoms with E-state index in [1.165, 1.54) is 12.1 Å². The first-order valence-corrected chi connectivity index (χ1v) is 6.67. The summed E-state index contributed by atoms with van der Waals surface area (Å²) in [6.07, 6.45) is 0.0533. The van der Waals surface area contributed by atoms with Crippen molar-refractivity contribution >= 4 is 0 Å². The van der Waals surface area contributed by atoms with Gasteiger partial charge in [0.05, 0.1) is 24.9 Å². The van der Waals surface area contributed by atoms with Crippen molar-refractivity contribution in [3.8, 4) is 0 Å². The SMILES string of the molecule is Cc1ccc(F)cc1COCC1CNCC(C)(C)O1. The van der Waals surface area contributed by atoms with Crippen LogP contribution in [0.1, 0.15) is 25.0 Å². The molecule has 2 rings (SSSR count). The van der Waals surface area contributed by atoms with Gasteiger partial charge in [0, 0.05) is 13.1 Å². The van der Waals surface area contributed by atoms with Crippen LogP contribution in [0.3, 0.4) is 0 Å². The van der Waals surface area contributed by atoms with Crippen LogP contribution in [0.4, 0.5) is 4.39 Å². The molecule has 1 atom stereocenters. The zero-order chi connectivity index (χ0) is 13.9. The molecular formula is C15H22FNO2. The Balaban J connectivity index is 1.81. The Labute approximate surface area is 114 Å². The molecule has 1 unspecified atom stereocenters. The Morgan fingerprint density at radius 1 is 1.47 bits per heavy atom. The minimum Gasteiger partial charge on any atom is -0.374 e. The fourth-order valence-corrected chi connectivity index (χ4v) is 2.26. The minimum absolute atomic E-state index is 0.0533. The van der Waals surface area contributed by atoms with Gasteiger partial charge < -0.3 is 14.8 Å². The third-order valence-electron chi connectivity index (χ3n) is 3.28. The molecule has 1 saturated heterocycles. The summed E-state index contributed by atoms with van der Waals surface area (Å²) in [7, 11) is 0. The van der Waals surface area contributed by atoms with Crippen molar-refractivity contribution in [2.75, 3.05) is 19.7 Å². The molecule has 1 aromatic rings. The van der Waals surface area contributed by atoms with E-state index in [4.69, 9.17) is 9.47 Å². The lowest BCUT2D eigenvalue weighted by atomic mass is 10.1. The van der Waals surface area contributed by atoms with E-state index in [1.54, 1.807) is 6.07 Å². The molecule has 1 N–H and O–H groups in total. The first-order valence-electron chi connectivity index (χ1n) is 6.67. The summed E-state index contributed by atoms with van der Waals surface area (Å²) in [6.45, 7) is 8.67. The van der Waals surface area contributed by atoms with Gasteiger partial charge in [0.1, 0.15) is 5.82 Å². The summed E-state index contributed by atoms with van der Waals surface area (Å²) in [6, 6.07) is 4.77. The summed E-state index contributed by atoms with van der Waals surface area (Å²) < 4.78 is 24.7. The van der Waals surface area contributed by atoms with E-state index >= 15 is 0 Å². The number of nitrogens with one attached hydrogen (secondary N) is 1. The van der Waals surface area contributed by atoms with Gasteiger partial charge in [-0.3, -0.25) is 0 Å². The first-order chi connectivity index (χ1) is 8.96. The second-order valence-electron chi connectivity index (χ2n) is 5.72. The molecule has 3 nitrogen and oxygen atoms in total. The highest BCUT2D eigenvalue weighted by molar-refractivity contribution is 5.25. The second kappa shape index (κ2) is 5.99. The Morgan fingerprint density at radius 2 is 2.26 bits per heavy atom. The molecule has 0 spiro atoms. The maximum absolute atomic E-state index is 13.1. The molecule has 0 saturated carbocycles. The molecule has 1 aromatic carbocycles. The van der Waals surface area contributed by atoms with Gasteiger partial charge in [0.2, 0.25) is 0 Å². The highest BCUT2D eigenvalue weighted by Crippen LogP contribution is 2.16. The minimum atomic E-state index is -0.221. The number of aryl methyl sites for hydroxylation is 1. The molecule has 0 aromatic heterocycles. The van der Waals surface area contributed by atoms with E-state index in [-0.39, 0.29) is 17.5 Å². The molecule has 0 aliphatic carbocycles. The van der Waals surface area contributed by atoms with Gasteiger partial charge >= 0.3 is 0 Å². The summed E-state index contributed by atoms with van der Waals surface area (Å²) >= 11 is 0. The first kappa shape index (κ1) is 14.4. The summed E-state index contributed by atoms with van der Waals surface area (Å²) in [4.78, 5) is 0. The molecule has 1 aliphatic rings. The number of rotatable bonds is 4. The number of benzene rings is 1. The number of ether oxygens (including phenoxy) is 2. The summed E-state index contributed by atoms with van der Waals surface area (Å²) in [5, 5.41) is 3.33.